The third kappa shape index (κ3) is 5.72. The normalized spacial score (nSPS) is 12.2. The van der Waals surface area contributed by atoms with Crippen molar-refractivity contribution in [2.75, 3.05) is 6.54 Å². The topological polar surface area (TPSA) is 92.3 Å². The van der Waals surface area contributed by atoms with Gasteiger partial charge in [0.05, 0.1) is 4.90 Å². The fourth-order valence-electron chi connectivity index (χ4n) is 2.89. The molecule has 1 aromatic heterocycles. The van der Waals surface area contributed by atoms with Crippen molar-refractivity contribution in [1.29, 1.82) is 0 Å². The fourth-order valence-corrected chi connectivity index (χ4v) is 5.88. The lowest BCUT2D eigenvalue weighted by atomic mass is 10.2. The van der Waals surface area contributed by atoms with Gasteiger partial charge in [0, 0.05) is 23.0 Å². The first-order valence-corrected chi connectivity index (χ1v) is 12.2. The minimum atomic E-state index is -3.78. The molecule has 0 bridgehead atoms. The fraction of sp³-hybridized carbons (Fsp3) is 0.182. The number of rotatable bonds is 7. The molecule has 31 heavy (non-hydrogen) atoms. The van der Waals surface area contributed by atoms with Crippen molar-refractivity contribution in [2.24, 2.45) is 0 Å². The van der Waals surface area contributed by atoms with E-state index in [1.165, 1.54) is 11.3 Å². The molecule has 1 atom stereocenters. The number of hydrogen-bond donors (Lipinski definition) is 2. The lowest BCUT2D eigenvalue weighted by Crippen LogP contribution is -2.42. The lowest BCUT2D eigenvalue weighted by molar-refractivity contribution is -0.139. The van der Waals surface area contributed by atoms with Gasteiger partial charge in [0.1, 0.15) is 5.25 Å². The van der Waals surface area contributed by atoms with Crippen LogP contribution < -0.4 is 10.6 Å². The second kappa shape index (κ2) is 10.1. The largest absolute Gasteiger partial charge is 0.346 e. The molecule has 2 amide bonds. The number of sulfone groups is 1. The summed E-state index contributed by atoms with van der Waals surface area (Å²) in [4.78, 5) is 25.2. The number of hydrogen-bond acceptors (Lipinski definition) is 5. The van der Waals surface area contributed by atoms with E-state index in [0.29, 0.717) is 15.5 Å². The summed E-state index contributed by atoms with van der Waals surface area (Å²) in [7, 11) is -3.78. The molecule has 0 aliphatic heterocycles. The molecule has 3 aromatic rings. The van der Waals surface area contributed by atoms with Crippen LogP contribution in [0.25, 0.3) is 0 Å². The van der Waals surface area contributed by atoms with Crippen molar-refractivity contribution in [3.63, 3.8) is 0 Å². The third-order valence-electron chi connectivity index (χ3n) is 4.64. The number of nitrogens with one attached hydrogen (secondary N) is 2. The quantitative estimate of drug-likeness (QED) is 0.509. The molecule has 0 spiro atoms. The molecular weight excluding hydrogens is 456 g/mol. The van der Waals surface area contributed by atoms with Gasteiger partial charge in [-0.05, 0) is 42.1 Å². The summed E-state index contributed by atoms with van der Waals surface area (Å²) in [5, 5.41) is 6.19. The number of amides is 2. The smallest absolute Gasteiger partial charge is 0.309 e. The Morgan fingerprint density at radius 2 is 1.65 bits per heavy atom. The van der Waals surface area contributed by atoms with Gasteiger partial charge in [-0.2, -0.15) is 0 Å². The Morgan fingerprint density at radius 3 is 2.29 bits per heavy atom. The highest BCUT2D eigenvalue weighted by atomic mass is 35.5. The molecule has 0 aliphatic carbocycles. The van der Waals surface area contributed by atoms with Crippen LogP contribution in [0, 0.1) is 6.92 Å². The SMILES string of the molecule is Cc1ccc(S(=O)(=O)[C@H](CNC(=O)C(=O)NCc2ccccc2Cl)c2cccs2)cc1. The van der Waals surface area contributed by atoms with E-state index < -0.39 is 26.9 Å². The second-order valence-electron chi connectivity index (χ2n) is 6.85. The van der Waals surface area contributed by atoms with Crippen molar-refractivity contribution in [2.45, 2.75) is 23.6 Å². The Morgan fingerprint density at radius 1 is 0.968 bits per heavy atom. The minimum Gasteiger partial charge on any atom is -0.346 e. The Labute approximate surface area is 190 Å². The van der Waals surface area contributed by atoms with E-state index in [1.54, 1.807) is 66.0 Å². The van der Waals surface area contributed by atoms with Crippen molar-refractivity contribution < 1.29 is 18.0 Å². The van der Waals surface area contributed by atoms with Gasteiger partial charge in [0.15, 0.2) is 9.84 Å². The molecule has 3 rings (SSSR count). The Kier molecular flexibility index (Phi) is 7.48. The molecule has 0 saturated heterocycles. The Hall–Kier alpha value is -2.68. The summed E-state index contributed by atoms with van der Waals surface area (Å²) < 4.78 is 26.4. The van der Waals surface area contributed by atoms with Gasteiger partial charge in [-0.3, -0.25) is 9.59 Å². The number of thiophene rings is 1. The summed E-state index contributed by atoms with van der Waals surface area (Å²) in [6, 6.07) is 16.9. The first-order chi connectivity index (χ1) is 14.8. The first-order valence-electron chi connectivity index (χ1n) is 9.42. The van der Waals surface area contributed by atoms with Crippen LogP contribution in [0.5, 0.6) is 0 Å². The van der Waals surface area contributed by atoms with Gasteiger partial charge in [-0.25, -0.2) is 8.42 Å². The van der Waals surface area contributed by atoms with Crippen LogP contribution in [0.1, 0.15) is 21.3 Å². The number of carbonyl (C=O) groups is 2. The number of benzene rings is 2. The predicted molar refractivity (Wildman–Crippen MR) is 122 cm³/mol. The third-order valence-corrected chi connectivity index (χ3v) is 8.24. The first kappa shape index (κ1) is 23.0. The molecule has 0 saturated carbocycles. The van der Waals surface area contributed by atoms with Crippen LogP contribution in [-0.4, -0.2) is 26.8 Å². The van der Waals surface area contributed by atoms with Gasteiger partial charge in [0.2, 0.25) is 0 Å². The van der Waals surface area contributed by atoms with Gasteiger partial charge in [-0.1, -0.05) is 53.6 Å². The zero-order valence-corrected chi connectivity index (χ0v) is 19.1. The minimum absolute atomic E-state index is 0.0853. The lowest BCUT2D eigenvalue weighted by Gasteiger charge is -2.17. The van der Waals surface area contributed by atoms with Crippen LogP contribution in [0.3, 0.4) is 0 Å². The van der Waals surface area contributed by atoms with Crippen LogP contribution in [0.15, 0.2) is 70.9 Å². The molecule has 2 aromatic carbocycles. The van der Waals surface area contributed by atoms with Gasteiger partial charge >= 0.3 is 11.8 Å². The molecule has 0 aliphatic rings. The maximum Gasteiger partial charge on any atom is 0.309 e. The summed E-state index contributed by atoms with van der Waals surface area (Å²) in [5.74, 6) is -1.77. The van der Waals surface area contributed by atoms with E-state index in [0.717, 1.165) is 5.56 Å². The molecule has 6 nitrogen and oxygen atoms in total. The van der Waals surface area contributed by atoms with E-state index in [2.05, 4.69) is 10.6 Å². The van der Waals surface area contributed by atoms with Crippen LogP contribution in [0.4, 0.5) is 0 Å². The van der Waals surface area contributed by atoms with E-state index in [-0.39, 0.29) is 18.0 Å². The molecule has 0 fully saturated rings. The predicted octanol–water partition coefficient (Wildman–Crippen LogP) is 3.66. The summed E-state index contributed by atoms with van der Waals surface area (Å²) in [6.45, 7) is 1.73. The summed E-state index contributed by atoms with van der Waals surface area (Å²) in [6.07, 6.45) is 0. The van der Waals surface area contributed by atoms with Crippen molar-refractivity contribution in [3.8, 4) is 0 Å². The van der Waals surface area contributed by atoms with E-state index in [4.69, 9.17) is 11.6 Å². The van der Waals surface area contributed by atoms with Gasteiger partial charge in [-0.15, -0.1) is 11.3 Å². The maximum absolute atomic E-state index is 13.2. The summed E-state index contributed by atoms with van der Waals surface area (Å²) >= 11 is 7.33. The Bertz CT molecular complexity index is 1160. The van der Waals surface area contributed by atoms with Crippen LogP contribution >= 0.6 is 22.9 Å². The van der Waals surface area contributed by atoms with Crippen LogP contribution in [-0.2, 0) is 26.0 Å². The average molecular weight is 477 g/mol. The standard InChI is InChI=1S/C22H21ClN2O4S2/c1-15-8-10-17(11-9-15)31(28,29)20(19-7-4-12-30-19)14-25-22(27)21(26)24-13-16-5-2-3-6-18(16)23/h2-12,20H,13-14H2,1H3,(H,24,26)(H,25,27)/t20-/m1/s1. The zero-order chi connectivity index (χ0) is 22.4. The maximum atomic E-state index is 13.2. The molecule has 0 unspecified atom stereocenters. The van der Waals surface area contributed by atoms with Crippen LogP contribution in [0.2, 0.25) is 5.02 Å². The number of halogens is 1. The van der Waals surface area contributed by atoms with E-state index >= 15 is 0 Å². The van der Waals surface area contributed by atoms with E-state index in [9.17, 15) is 18.0 Å². The molecular formula is C22H21ClN2O4S2. The van der Waals surface area contributed by atoms with E-state index in [1.807, 2.05) is 6.92 Å². The van der Waals surface area contributed by atoms with Gasteiger partial charge < -0.3 is 10.6 Å². The average Bonchev–Trinajstić information content (AvgIpc) is 3.27. The van der Waals surface area contributed by atoms with Crippen molar-refractivity contribution in [3.05, 3.63) is 87.1 Å². The molecule has 2 N–H and O–H groups in total. The second-order valence-corrected chi connectivity index (χ2v) is 10.4. The highest BCUT2D eigenvalue weighted by Crippen LogP contribution is 2.31. The Balaban J connectivity index is 1.69. The molecule has 9 heteroatoms. The highest BCUT2D eigenvalue weighted by molar-refractivity contribution is 7.91. The molecule has 1 heterocycles. The molecule has 0 radical (unpaired) electrons. The summed E-state index contributed by atoms with van der Waals surface area (Å²) in [5.41, 5.74) is 1.61. The monoisotopic (exact) mass is 476 g/mol. The number of aryl methyl sites for hydroxylation is 1. The van der Waals surface area contributed by atoms with Crippen molar-refractivity contribution >= 4 is 44.6 Å². The van der Waals surface area contributed by atoms with Crippen molar-refractivity contribution in [1.82, 2.24) is 10.6 Å². The number of carbonyl (C=O) groups excluding carboxylic acids is 2. The highest BCUT2D eigenvalue weighted by Gasteiger charge is 2.31. The zero-order valence-electron chi connectivity index (χ0n) is 16.7. The van der Waals surface area contributed by atoms with Gasteiger partial charge in [0.25, 0.3) is 0 Å². The molecule has 162 valence electrons.